The predicted molar refractivity (Wildman–Crippen MR) is 72.6 cm³/mol. The topological polar surface area (TPSA) is 9.23 Å². The van der Waals surface area contributed by atoms with Crippen LogP contribution in [-0.2, 0) is 30.4 Å². The minimum absolute atomic E-state index is 0.0692. The maximum absolute atomic E-state index is 5.78. The largest absolute Gasteiger partial charge is 0.378 e. The highest BCUT2D eigenvalue weighted by atomic mass is 16.5. The Labute approximate surface area is 105 Å². The number of hydrogen-bond donors (Lipinski definition) is 0. The normalized spacial score (nSPS) is 17.2. The number of benzene rings is 1. The summed E-state index contributed by atoms with van der Waals surface area (Å²) < 4.78 is 5.78. The minimum atomic E-state index is 0.0692. The highest BCUT2D eigenvalue weighted by molar-refractivity contribution is 5.43. The molecule has 0 heterocycles. The Morgan fingerprint density at radius 3 is 1.76 bits per heavy atom. The second kappa shape index (κ2) is 4.81. The van der Waals surface area contributed by atoms with Crippen LogP contribution in [0.4, 0.5) is 0 Å². The van der Waals surface area contributed by atoms with Crippen LogP contribution in [0, 0.1) is 0 Å². The van der Waals surface area contributed by atoms with Crippen LogP contribution in [0.1, 0.15) is 49.4 Å². The number of aryl methyl sites for hydroxylation is 2. The molecule has 0 radical (unpaired) electrons. The molecule has 0 N–H and O–H groups in total. The summed E-state index contributed by atoms with van der Waals surface area (Å²) in [6.45, 7) is 6.73. The number of ether oxygens (including phenoxy) is 1. The highest BCUT2D eigenvalue weighted by Crippen LogP contribution is 2.36. The van der Waals surface area contributed by atoms with Crippen LogP contribution in [0.15, 0.2) is 12.1 Å². The maximum Gasteiger partial charge on any atom is 0.0756 e. The van der Waals surface area contributed by atoms with Crippen molar-refractivity contribution < 1.29 is 4.74 Å². The number of rotatable bonds is 4. The van der Waals surface area contributed by atoms with Crippen LogP contribution in [0.5, 0.6) is 0 Å². The molecule has 0 aromatic heterocycles. The van der Waals surface area contributed by atoms with Crippen molar-refractivity contribution >= 4 is 0 Å². The van der Waals surface area contributed by atoms with Crippen molar-refractivity contribution in [1.82, 2.24) is 0 Å². The third kappa shape index (κ3) is 2.13. The summed E-state index contributed by atoms with van der Waals surface area (Å²) in [6.07, 6.45) is 5.56. The molecule has 0 amide bonds. The van der Waals surface area contributed by atoms with E-state index in [1.54, 1.807) is 0 Å². The maximum atomic E-state index is 5.78. The molecule has 0 bridgehead atoms. The Balaban J connectivity index is 2.38. The van der Waals surface area contributed by atoms with Gasteiger partial charge in [0.15, 0.2) is 0 Å². The van der Waals surface area contributed by atoms with Gasteiger partial charge in [0.05, 0.1) is 5.60 Å². The molecule has 17 heavy (non-hydrogen) atoms. The lowest BCUT2D eigenvalue weighted by Crippen LogP contribution is -2.30. The van der Waals surface area contributed by atoms with Crippen molar-refractivity contribution in [2.24, 2.45) is 0 Å². The van der Waals surface area contributed by atoms with Gasteiger partial charge >= 0.3 is 0 Å². The van der Waals surface area contributed by atoms with Crippen molar-refractivity contribution in [2.75, 3.05) is 7.11 Å². The standard InChI is InChI=1S/C16H24O/c1-5-12-8-14-10-16(7-3,17-4)11-15(14)9-13(12)6-2/h8-9H,5-7,10-11H2,1-4H3. The molecule has 1 aromatic rings. The van der Waals surface area contributed by atoms with Gasteiger partial charge in [-0.1, -0.05) is 32.9 Å². The molecule has 94 valence electrons. The molecule has 0 aliphatic heterocycles. The van der Waals surface area contributed by atoms with Crippen molar-refractivity contribution in [3.05, 3.63) is 34.4 Å². The van der Waals surface area contributed by atoms with Crippen LogP contribution in [-0.4, -0.2) is 12.7 Å². The Bertz CT molecular complexity index is 367. The molecular formula is C16H24O. The molecule has 1 aromatic carbocycles. The fourth-order valence-electron chi connectivity index (χ4n) is 3.07. The zero-order valence-corrected chi connectivity index (χ0v) is 11.6. The van der Waals surface area contributed by atoms with E-state index in [9.17, 15) is 0 Å². The van der Waals surface area contributed by atoms with Crippen molar-refractivity contribution in [3.8, 4) is 0 Å². The summed E-state index contributed by atoms with van der Waals surface area (Å²) in [5, 5.41) is 0. The van der Waals surface area contributed by atoms with E-state index >= 15 is 0 Å². The van der Waals surface area contributed by atoms with Gasteiger partial charge in [-0.25, -0.2) is 0 Å². The summed E-state index contributed by atoms with van der Waals surface area (Å²) in [5.74, 6) is 0. The first-order chi connectivity index (χ1) is 8.18. The Hall–Kier alpha value is -0.820. The molecule has 0 saturated heterocycles. The van der Waals surface area contributed by atoms with E-state index in [1.807, 2.05) is 7.11 Å². The number of methoxy groups -OCH3 is 1. The fraction of sp³-hybridized carbons (Fsp3) is 0.625. The summed E-state index contributed by atoms with van der Waals surface area (Å²) in [7, 11) is 1.86. The van der Waals surface area contributed by atoms with Gasteiger partial charge in [0.1, 0.15) is 0 Å². The van der Waals surface area contributed by atoms with Crippen LogP contribution >= 0.6 is 0 Å². The third-order valence-corrected chi connectivity index (χ3v) is 4.39. The molecule has 0 spiro atoms. The Morgan fingerprint density at radius 2 is 1.47 bits per heavy atom. The molecule has 1 aliphatic carbocycles. The fourth-order valence-corrected chi connectivity index (χ4v) is 3.07. The average Bonchev–Trinajstić information content (AvgIpc) is 2.75. The third-order valence-electron chi connectivity index (χ3n) is 4.39. The smallest absolute Gasteiger partial charge is 0.0756 e. The van der Waals surface area contributed by atoms with Gasteiger partial charge in [-0.15, -0.1) is 0 Å². The van der Waals surface area contributed by atoms with Gasteiger partial charge in [-0.2, -0.15) is 0 Å². The van der Waals surface area contributed by atoms with Crippen LogP contribution in [0.3, 0.4) is 0 Å². The van der Waals surface area contributed by atoms with Crippen LogP contribution in [0.25, 0.3) is 0 Å². The van der Waals surface area contributed by atoms with E-state index in [2.05, 4.69) is 32.9 Å². The summed E-state index contributed by atoms with van der Waals surface area (Å²) in [6, 6.07) is 4.84. The van der Waals surface area contributed by atoms with Gasteiger partial charge in [0.2, 0.25) is 0 Å². The SMILES string of the molecule is CCc1cc2c(cc1CC)CC(CC)(OC)C2. The van der Waals surface area contributed by atoms with Crippen molar-refractivity contribution in [1.29, 1.82) is 0 Å². The van der Waals surface area contributed by atoms with E-state index in [0.29, 0.717) is 0 Å². The van der Waals surface area contributed by atoms with Crippen molar-refractivity contribution in [2.45, 2.75) is 58.5 Å². The predicted octanol–water partition coefficient (Wildman–Crippen LogP) is 3.71. The molecule has 0 unspecified atom stereocenters. The molecule has 0 atom stereocenters. The van der Waals surface area contributed by atoms with Gasteiger partial charge in [0, 0.05) is 20.0 Å². The second-order valence-corrected chi connectivity index (χ2v) is 5.19. The summed E-state index contributed by atoms with van der Waals surface area (Å²) >= 11 is 0. The Morgan fingerprint density at radius 1 is 1.00 bits per heavy atom. The van der Waals surface area contributed by atoms with E-state index in [-0.39, 0.29) is 5.60 Å². The Kier molecular flexibility index (Phi) is 3.58. The monoisotopic (exact) mass is 232 g/mol. The number of hydrogen-bond acceptors (Lipinski definition) is 1. The first-order valence-electron chi connectivity index (χ1n) is 6.86. The molecule has 1 heteroatoms. The lowest BCUT2D eigenvalue weighted by molar-refractivity contribution is -0.00432. The molecule has 0 fully saturated rings. The van der Waals surface area contributed by atoms with E-state index in [4.69, 9.17) is 4.74 Å². The van der Waals surface area contributed by atoms with Crippen LogP contribution < -0.4 is 0 Å². The van der Waals surface area contributed by atoms with Crippen molar-refractivity contribution in [3.63, 3.8) is 0 Å². The molecular weight excluding hydrogens is 208 g/mol. The first-order valence-corrected chi connectivity index (χ1v) is 6.86. The first kappa shape index (κ1) is 12.6. The zero-order valence-electron chi connectivity index (χ0n) is 11.6. The van der Waals surface area contributed by atoms with E-state index < -0.39 is 0 Å². The summed E-state index contributed by atoms with van der Waals surface area (Å²) in [4.78, 5) is 0. The zero-order chi connectivity index (χ0) is 12.5. The van der Waals surface area contributed by atoms with Gasteiger partial charge in [-0.3, -0.25) is 0 Å². The lowest BCUT2D eigenvalue weighted by atomic mass is 9.97. The number of fused-ring (bicyclic) bond motifs is 1. The molecule has 1 aliphatic rings. The van der Waals surface area contributed by atoms with Crippen LogP contribution in [0.2, 0.25) is 0 Å². The molecule has 1 nitrogen and oxygen atoms in total. The average molecular weight is 232 g/mol. The van der Waals surface area contributed by atoms with E-state index in [1.165, 1.54) is 22.3 Å². The minimum Gasteiger partial charge on any atom is -0.378 e. The van der Waals surface area contributed by atoms with Gasteiger partial charge < -0.3 is 4.74 Å². The highest BCUT2D eigenvalue weighted by Gasteiger charge is 2.35. The van der Waals surface area contributed by atoms with Gasteiger partial charge in [-0.05, 0) is 41.5 Å². The molecule has 0 saturated carbocycles. The second-order valence-electron chi connectivity index (χ2n) is 5.19. The van der Waals surface area contributed by atoms with E-state index in [0.717, 1.165) is 32.1 Å². The lowest BCUT2D eigenvalue weighted by Gasteiger charge is -2.25. The molecule has 2 rings (SSSR count). The van der Waals surface area contributed by atoms with Gasteiger partial charge in [0.25, 0.3) is 0 Å². The summed E-state index contributed by atoms with van der Waals surface area (Å²) in [5.41, 5.74) is 6.15. The quantitative estimate of drug-likeness (QED) is 0.769.